The van der Waals surface area contributed by atoms with Gasteiger partial charge in [-0.15, -0.1) is 0 Å². The van der Waals surface area contributed by atoms with E-state index >= 15 is 0 Å². The van der Waals surface area contributed by atoms with Gasteiger partial charge in [0.25, 0.3) is 0 Å². The van der Waals surface area contributed by atoms with Gasteiger partial charge in [0.1, 0.15) is 0 Å². The number of hydrogen-bond donors (Lipinski definition) is 0. The van der Waals surface area contributed by atoms with Crippen molar-refractivity contribution < 1.29 is 14.3 Å². The quantitative estimate of drug-likeness (QED) is 0.734. The lowest BCUT2D eigenvalue weighted by Gasteiger charge is -2.16. The van der Waals surface area contributed by atoms with Crippen molar-refractivity contribution in [3.8, 4) is 0 Å². The highest BCUT2D eigenvalue weighted by Gasteiger charge is 2.12. The number of esters is 1. The van der Waals surface area contributed by atoms with Gasteiger partial charge < -0.3 is 9.64 Å². The van der Waals surface area contributed by atoms with E-state index in [-0.39, 0.29) is 24.7 Å². The third kappa shape index (κ3) is 5.50. The molecular weight excluding hydrogens is 244 g/mol. The van der Waals surface area contributed by atoms with E-state index in [1.807, 2.05) is 25.1 Å². The van der Waals surface area contributed by atoms with Crippen LogP contribution in [0.3, 0.4) is 0 Å². The van der Waals surface area contributed by atoms with Crippen molar-refractivity contribution >= 4 is 11.9 Å². The molecule has 5 nitrogen and oxygen atoms in total. The van der Waals surface area contributed by atoms with E-state index in [9.17, 15) is 9.59 Å². The van der Waals surface area contributed by atoms with Gasteiger partial charge in [-0.3, -0.25) is 14.6 Å². The molecule has 0 saturated carbocycles. The fraction of sp³-hybridized carbons (Fsp3) is 0.500. The molecule has 19 heavy (non-hydrogen) atoms. The highest BCUT2D eigenvalue weighted by molar-refractivity contribution is 5.81. The Morgan fingerprint density at radius 3 is 2.68 bits per heavy atom. The number of ether oxygens (including phenoxy) is 1. The van der Waals surface area contributed by atoms with Crippen molar-refractivity contribution in [3.63, 3.8) is 0 Å². The van der Waals surface area contributed by atoms with Crippen LogP contribution in [-0.2, 0) is 20.9 Å². The molecular formula is C14H20N2O3. The maximum absolute atomic E-state index is 11.8. The van der Waals surface area contributed by atoms with Crippen LogP contribution in [0.5, 0.6) is 0 Å². The zero-order chi connectivity index (χ0) is 14.3. The van der Waals surface area contributed by atoms with Gasteiger partial charge in [0.2, 0.25) is 5.91 Å². The van der Waals surface area contributed by atoms with Gasteiger partial charge in [0, 0.05) is 19.2 Å². The highest BCUT2D eigenvalue weighted by atomic mass is 16.5. The monoisotopic (exact) mass is 264 g/mol. The van der Waals surface area contributed by atoms with Gasteiger partial charge in [0.15, 0.2) is 0 Å². The van der Waals surface area contributed by atoms with Gasteiger partial charge >= 0.3 is 5.97 Å². The lowest BCUT2D eigenvalue weighted by molar-refractivity contribution is -0.145. The van der Waals surface area contributed by atoms with E-state index in [0.29, 0.717) is 13.2 Å². The molecule has 1 heterocycles. The van der Waals surface area contributed by atoms with Crippen LogP contribution >= 0.6 is 0 Å². The Balaban J connectivity index is 2.42. The van der Waals surface area contributed by atoms with E-state index in [2.05, 4.69) is 4.98 Å². The van der Waals surface area contributed by atoms with Crippen LogP contribution in [0.4, 0.5) is 0 Å². The average Bonchev–Trinajstić information content (AvgIpc) is 2.36. The smallest absolute Gasteiger partial charge is 0.306 e. The van der Waals surface area contributed by atoms with Crippen LogP contribution in [0.2, 0.25) is 0 Å². The Labute approximate surface area is 113 Å². The number of carbonyl (C=O) groups is 2. The minimum Gasteiger partial charge on any atom is -0.466 e. The van der Waals surface area contributed by atoms with Crippen molar-refractivity contribution in [2.45, 2.75) is 33.2 Å². The summed E-state index contributed by atoms with van der Waals surface area (Å²) in [5, 5.41) is 0. The van der Waals surface area contributed by atoms with E-state index < -0.39 is 0 Å². The second-order valence-electron chi connectivity index (χ2n) is 4.33. The first-order valence-electron chi connectivity index (χ1n) is 6.35. The average molecular weight is 264 g/mol. The second-order valence-corrected chi connectivity index (χ2v) is 4.33. The molecule has 0 atom stereocenters. The van der Waals surface area contributed by atoms with Gasteiger partial charge in [-0.05, 0) is 26.0 Å². The molecule has 0 aliphatic heterocycles. The number of carbonyl (C=O) groups excluding carboxylic acids is 2. The van der Waals surface area contributed by atoms with Crippen molar-refractivity contribution in [2.24, 2.45) is 0 Å². The Kier molecular flexibility index (Phi) is 5.99. The summed E-state index contributed by atoms with van der Waals surface area (Å²) in [7, 11) is 1.71. The van der Waals surface area contributed by atoms with E-state index in [1.54, 1.807) is 18.9 Å². The van der Waals surface area contributed by atoms with Crippen LogP contribution in [0.15, 0.2) is 18.2 Å². The molecule has 0 fully saturated rings. The van der Waals surface area contributed by atoms with Crippen molar-refractivity contribution in [1.82, 2.24) is 9.88 Å². The standard InChI is InChI=1S/C14H20N2O3/c1-4-19-14(18)9-8-13(17)16(3)10-12-7-5-6-11(2)15-12/h5-7H,4,8-10H2,1-3H3. The minimum absolute atomic E-state index is 0.0867. The number of pyridine rings is 1. The molecule has 0 aliphatic carbocycles. The Hall–Kier alpha value is -1.91. The van der Waals surface area contributed by atoms with Gasteiger partial charge in [0.05, 0.1) is 25.3 Å². The van der Waals surface area contributed by atoms with Crippen LogP contribution in [0, 0.1) is 6.92 Å². The first kappa shape index (κ1) is 15.1. The maximum atomic E-state index is 11.8. The van der Waals surface area contributed by atoms with Crippen molar-refractivity contribution in [2.75, 3.05) is 13.7 Å². The van der Waals surface area contributed by atoms with Crippen LogP contribution < -0.4 is 0 Å². The molecule has 1 amide bonds. The zero-order valence-corrected chi connectivity index (χ0v) is 11.7. The number of aromatic nitrogens is 1. The number of amides is 1. The fourth-order valence-electron chi connectivity index (χ4n) is 1.65. The Morgan fingerprint density at radius 1 is 1.32 bits per heavy atom. The minimum atomic E-state index is -0.335. The number of aryl methyl sites for hydroxylation is 1. The predicted octanol–water partition coefficient (Wildman–Crippen LogP) is 1.69. The molecule has 0 bridgehead atoms. The van der Waals surface area contributed by atoms with Gasteiger partial charge in [-0.2, -0.15) is 0 Å². The van der Waals surface area contributed by atoms with E-state index in [1.165, 1.54) is 0 Å². The summed E-state index contributed by atoms with van der Waals surface area (Å²) in [6.07, 6.45) is 0.291. The lowest BCUT2D eigenvalue weighted by Crippen LogP contribution is -2.27. The number of hydrogen-bond acceptors (Lipinski definition) is 4. The van der Waals surface area contributed by atoms with E-state index in [0.717, 1.165) is 11.4 Å². The molecule has 0 aromatic carbocycles. The maximum Gasteiger partial charge on any atom is 0.306 e. The molecule has 1 aromatic heterocycles. The third-order valence-electron chi connectivity index (χ3n) is 2.62. The molecule has 1 rings (SSSR count). The summed E-state index contributed by atoms with van der Waals surface area (Å²) in [5.41, 5.74) is 1.76. The third-order valence-corrected chi connectivity index (χ3v) is 2.62. The summed E-state index contributed by atoms with van der Waals surface area (Å²) in [6.45, 7) is 4.45. The van der Waals surface area contributed by atoms with Crippen molar-refractivity contribution in [1.29, 1.82) is 0 Å². The highest BCUT2D eigenvalue weighted by Crippen LogP contribution is 2.04. The summed E-state index contributed by atoms with van der Waals surface area (Å²) in [4.78, 5) is 28.9. The van der Waals surface area contributed by atoms with E-state index in [4.69, 9.17) is 4.74 Å². The first-order valence-corrected chi connectivity index (χ1v) is 6.35. The normalized spacial score (nSPS) is 10.1. The SMILES string of the molecule is CCOC(=O)CCC(=O)N(C)Cc1cccc(C)n1. The number of nitrogens with zero attached hydrogens (tertiary/aromatic N) is 2. The van der Waals surface area contributed by atoms with Crippen LogP contribution in [0.1, 0.15) is 31.2 Å². The van der Waals surface area contributed by atoms with Crippen molar-refractivity contribution in [3.05, 3.63) is 29.6 Å². The molecule has 0 spiro atoms. The summed E-state index contributed by atoms with van der Waals surface area (Å²) in [6, 6.07) is 5.70. The fourth-order valence-corrected chi connectivity index (χ4v) is 1.65. The first-order chi connectivity index (χ1) is 9.02. The van der Waals surface area contributed by atoms with Crippen LogP contribution in [0.25, 0.3) is 0 Å². The van der Waals surface area contributed by atoms with Crippen LogP contribution in [-0.4, -0.2) is 35.4 Å². The molecule has 0 saturated heterocycles. The summed E-state index contributed by atoms with van der Waals surface area (Å²) >= 11 is 0. The topological polar surface area (TPSA) is 59.5 Å². The summed E-state index contributed by atoms with van der Waals surface area (Å²) < 4.78 is 4.78. The molecule has 5 heteroatoms. The molecule has 0 radical (unpaired) electrons. The Morgan fingerprint density at radius 2 is 2.05 bits per heavy atom. The second kappa shape index (κ2) is 7.51. The molecule has 0 N–H and O–H groups in total. The zero-order valence-electron chi connectivity index (χ0n) is 11.7. The largest absolute Gasteiger partial charge is 0.466 e. The summed E-state index contributed by atoms with van der Waals surface area (Å²) in [5.74, 6) is -0.422. The molecule has 0 aliphatic rings. The van der Waals surface area contributed by atoms with Gasteiger partial charge in [-0.1, -0.05) is 6.07 Å². The molecule has 1 aromatic rings. The Bertz CT molecular complexity index is 446. The number of rotatable bonds is 6. The lowest BCUT2D eigenvalue weighted by atomic mass is 10.2. The molecule has 0 unspecified atom stereocenters. The molecule has 104 valence electrons. The predicted molar refractivity (Wildman–Crippen MR) is 71.3 cm³/mol. The van der Waals surface area contributed by atoms with Gasteiger partial charge in [-0.25, -0.2) is 0 Å².